The minimum Gasteiger partial charge on any atom is -0.343 e. The fourth-order valence-electron chi connectivity index (χ4n) is 1.54. The first kappa shape index (κ1) is 13.9. The fraction of sp³-hybridized carbons (Fsp3) is 0.385. The second kappa shape index (κ2) is 5.96. The van der Waals surface area contributed by atoms with E-state index in [-0.39, 0.29) is 11.7 Å². The average Bonchev–Trinajstić information content (AvgIpc) is 2.27. The maximum Gasteiger partial charge on any atom is 0.252 e. The Bertz CT molecular complexity index is 443. The predicted molar refractivity (Wildman–Crippen MR) is 71.1 cm³/mol. The Balaban J connectivity index is 2.80. The SMILES string of the molecule is CCC(=O)C(C)NC(=O)c1ccc(Br)cc1C. The van der Waals surface area contributed by atoms with Gasteiger partial charge < -0.3 is 5.32 Å². The van der Waals surface area contributed by atoms with Crippen LogP contribution in [-0.4, -0.2) is 17.7 Å². The van der Waals surface area contributed by atoms with E-state index in [4.69, 9.17) is 0 Å². The third-order valence-corrected chi connectivity index (χ3v) is 3.11. The molecule has 0 spiro atoms. The molecule has 0 radical (unpaired) electrons. The Labute approximate surface area is 110 Å². The smallest absolute Gasteiger partial charge is 0.252 e. The van der Waals surface area contributed by atoms with E-state index in [2.05, 4.69) is 21.2 Å². The quantitative estimate of drug-likeness (QED) is 0.929. The second-order valence-electron chi connectivity index (χ2n) is 3.97. The second-order valence-corrected chi connectivity index (χ2v) is 4.89. The van der Waals surface area contributed by atoms with Gasteiger partial charge >= 0.3 is 0 Å². The molecule has 0 aliphatic rings. The Morgan fingerprint density at radius 2 is 2.06 bits per heavy atom. The molecule has 3 nitrogen and oxygen atoms in total. The lowest BCUT2D eigenvalue weighted by molar-refractivity contribution is -0.120. The standard InChI is InChI=1S/C13H16BrNO2/c1-4-12(16)9(3)15-13(17)11-6-5-10(14)7-8(11)2/h5-7,9H,4H2,1-3H3,(H,15,17). The van der Waals surface area contributed by atoms with Crippen LogP contribution < -0.4 is 5.32 Å². The van der Waals surface area contributed by atoms with E-state index in [1.807, 2.05) is 19.1 Å². The highest BCUT2D eigenvalue weighted by molar-refractivity contribution is 9.10. The van der Waals surface area contributed by atoms with E-state index >= 15 is 0 Å². The van der Waals surface area contributed by atoms with Gasteiger partial charge in [0.1, 0.15) is 0 Å². The number of ketones is 1. The number of hydrogen-bond acceptors (Lipinski definition) is 2. The number of halogens is 1. The molecule has 0 aromatic heterocycles. The van der Waals surface area contributed by atoms with Crippen molar-refractivity contribution in [3.63, 3.8) is 0 Å². The van der Waals surface area contributed by atoms with Crippen molar-refractivity contribution >= 4 is 27.6 Å². The predicted octanol–water partition coefficient (Wildman–Crippen LogP) is 2.85. The number of aryl methyl sites for hydroxylation is 1. The van der Waals surface area contributed by atoms with Crippen LogP contribution >= 0.6 is 15.9 Å². The minimum absolute atomic E-state index is 0.0353. The van der Waals surface area contributed by atoms with Crippen molar-refractivity contribution in [3.05, 3.63) is 33.8 Å². The highest BCUT2D eigenvalue weighted by Gasteiger charge is 2.16. The summed E-state index contributed by atoms with van der Waals surface area (Å²) >= 11 is 3.34. The van der Waals surface area contributed by atoms with Gasteiger partial charge in [-0.2, -0.15) is 0 Å². The van der Waals surface area contributed by atoms with Crippen LogP contribution in [0.5, 0.6) is 0 Å². The average molecular weight is 298 g/mol. The molecular formula is C13H16BrNO2. The molecule has 0 aliphatic carbocycles. The Morgan fingerprint density at radius 1 is 1.41 bits per heavy atom. The van der Waals surface area contributed by atoms with Gasteiger partial charge in [-0.3, -0.25) is 9.59 Å². The summed E-state index contributed by atoms with van der Waals surface area (Å²) in [6, 6.07) is 5.00. The number of hydrogen-bond donors (Lipinski definition) is 1. The number of carbonyl (C=O) groups excluding carboxylic acids is 2. The van der Waals surface area contributed by atoms with Gasteiger partial charge in [-0.15, -0.1) is 0 Å². The molecule has 0 heterocycles. The normalized spacial score (nSPS) is 12.0. The summed E-state index contributed by atoms with van der Waals surface area (Å²) in [6.07, 6.45) is 0.431. The van der Waals surface area contributed by atoms with E-state index in [0.717, 1.165) is 10.0 Å². The molecule has 17 heavy (non-hydrogen) atoms. The molecule has 1 amide bonds. The summed E-state index contributed by atoms with van der Waals surface area (Å²) in [5.41, 5.74) is 1.48. The summed E-state index contributed by atoms with van der Waals surface area (Å²) in [5.74, 6) is -0.169. The zero-order chi connectivity index (χ0) is 13.0. The number of Topliss-reactive ketones (excluding diaryl/α,β-unsaturated/α-hetero) is 1. The van der Waals surface area contributed by atoms with Crippen LogP contribution in [0.15, 0.2) is 22.7 Å². The number of rotatable bonds is 4. The lowest BCUT2D eigenvalue weighted by atomic mass is 10.1. The Morgan fingerprint density at radius 3 is 2.59 bits per heavy atom. The molecule has 1 N–H and O–H groups in total. The van der Waals surface area contributed by atoms with E-state index < -0.39 is 6.04 Å². The monoisotopic (exact) mass is 297 g/mol. The molecule has 1 unspecified atom stereocenters. The molecule has 0 bridgehead atoms. The van der Waals surface area contributed by atoms with Crippen LogP contribution in [0.25, 0.3) is 0 Å². The molecule has 1 atom stereocenters. The summed E-state index contributed by atoms with van der Waals surface area (Å²) < 4.78 is 0.934. The zero-order valence-electron chi connectivity index (χ0n) is 10.2. The van der Waals surface area contributed by atoms with Crippen LogP contribution in [0.1, 0.15) is 36.2 Å². The van der Waals surface area contributed by atoms with E-state index in [9.17, 15) is 9.59 Å². The van der Waals surface area contributed by atoms with Crippen molar-refractivity contribution in [2.45, 2.75) is 33.2 Å². The summed E-state index contributed by atoms with van der Waals surface area (Å²) in [7, 11) is 0. The van der Waals surface area contributed by atoms with E-state index in [0.29, 0.717) is 12.0 Å². The summed E-state index contributed by atoms with van der Waals surface area (Å²) in [4.78, 5) is 23.3. The van der Waals surface area contributed by atoms with Gasteiger partial charge in [0.15, 0.2) is 5.78 Å². The van der Waals surface area contributed by atoms with Gasteiger partial charge in [-0.25, -0.2) is 0 Å². The van der Waals surface area contributed by atoms with Crippen molar-refractivity contribution < 1.29 is 9.59 Å². The number of carbonyl (C=O) groups is 2. The maximum absolute atomic E-state index is 11.9. The molecule has 0 aliphatic heterocycles. The molecule has 4 heteroatoms. The molecule has 92 valence electrons. The third kappa shape index (κ3) is 3.66. The zero-order valence-corrected chi connectivity index (χ0v) is 11.8. The highest BCUT2D eigenvalue weighted by Crippen LogP contribution is 2.15. The van der Waals surface area contributed by atoms with E-state index in [1.165, 1.54) is 0 Å². The molecule has 0 fully saturated rings. The minimum atomic E-state index is -0.435. The van der Waals surface area contributed by atoms with Crippen LogP contribution in [0.4, 0.5) is 0 Å². The fourth-order valence-corrected chi connectivity index (χ4v) is 2.02. The van der Waals surface area contributed by atoms with Crippen LogP contribution in [-0.2, 0) is 4.79 Å². The molecule has 0 saturated heterocycles. The first-order chi connectivity index (χ1) is 7.95. The molecular weight excluding hydrogens is 282 g/mol. The number of amides is 1. The highest BCUT2D eigenvalue weighted by atomic mass is 79.9. The molecule has 1 aromatic carbocycles. The number of nitrogens with one attached hydrogen (secondary N) is 1. The Kier molecular flexibility index (Phi) is 4.87. The van der Waals surface area contributed by atoms with Gasteiger partial charge in [0.05, 0.1) is 6.04 Å². The van der Waals surface area contributed by atoms with Crippen molar-refractivity contribution in [1.29, 1.82) is 0 Å². The van der Waals surface area contributed by atoms with Crippen molar-refractivity contribution in [1.82, 2.24) is 5.32 Å². The molecule has 0 saturated carbocycles. The topological polar surface area (TPSA) is 46.2 Å². The van der Waals surface area contributed by atoms with Gasteiger partial charge in [0.2, 0.25) is 0 Å². The van der Waals surface area contributed by atoms with Crippen molar-refractivity contribution in [2.24, 2.45) is 0 Å². The van der Waals surface area contributed by atoms with Gasteiger partial charge in [-0.1, -0.05) is 22.9 Å². The summed E-state index contributed by atoms with van der Waals surface area (Å²) in [6.45, 7) is 5.36. The van der Waals surface area contributed by atoms with Crippen molar-refractivity contribution in [2.75, 3.05) is 0 Å². The Hall–Kier alpha value is -1.16. The van der Waals surface area contributed by atoms with Crippen molar-refractivity contribution in [3.8, 4) is 0 Å². The lowest BCUT2D eigenvalue weighted by Crippen LogP contribution is -2.38. The van der Waals surface area contributed by atoms with E-state index in [1.54, 1.807) is 19.9 Å². The third-order valence-electron chi connectivity index (χ3n) is 2.61. The molecule has 1 rings (SSSR count). The summed E-state index contributed by atoms with van der Waals surface area (Å²) in [5, 5.41) is 2.70. The van der Waals surface area contributed by atoms with Gasteiger partial charge in [-0.05, 0) is 37.6 Å². The van der Waals surface area contributed by atoms with Crippen LogP contribution in [0.2, 0.25) is 0 Å². The van der Waals surface area contributed by atoms with Crippen LogP contribution in [0.3, 0.4) is 0 Å². The first-order valence-corrected chi connectivity index (χ1v) is 6.34. The van der Waals surface area contributed by atoms with Crippen LogP contribution in [0, 0.1) is 6.92 Å². The number of benzene rings is 1. The lowest BCUT2D eigenvalue weighted by Gasteiger charge is -2.13. The first-order valence-electron chi connectivity index (χ1n) is 5.55. The largest absolute Gasteiger partial charge is 0.343 e. The maximum atomic E-state index is 11.9. The van der Waals surface area contributed by atoms with Gasteiger partial charge in [0, 0.05) is 16.5 Å². The molecule has 1 aromatic rings. The van der Waals surface area contributed by atoms with Gasteiger partial charge in [0.25, 0.3) is 5.91 Å².